The number of nitrogens with zero attached hydrogens (tertiary/aromatic N) is 4. The zero-order chi connectivity index (χ0) is 14.9. The molecule has 0 spiro atoms. The Morgan fingerprint density at radius 2 is 1.80 bits per heavy atom. The van der Waals surface area contributed by atoms with Crippen LogP contribution in [0.5, 0.6) is 0 Å². The Morgan fingerprint density at radius 3 is 2.30 bits per heavy atom. The number of hydrogen-bond donors (Lipinski definition) is 1. The van der Waals surface area contributed by atoms with Crippen LogP contribution < -0.4 is 10.6 Å². The van der Waals surface area contributed by atoms with Crippen LogP contribution in [0.25, 0.3) is 0 Å². The number of nitrogens with two attached hydrogens (primary N) is 1. The van der Waals surface area contributed by atoms with Gasteiger partial charge in [-0.05, 0) is 33.8 Å². The van der Waals surface area contributed by atoms with Gasteiger partial charge in [-0.15, -0.1) is 0 Å². The van der Waals surface area contributed by atoms with Crippen LogP contribution in [0, 0.1) is 6.92 Å². The van der Waals surface area contributed by atoms with E-state index in [1.165, 1.54) is 0 Å². The molecular formula is C14H23N5S. The molecule has 2 N–H and O–H groups in total. The van der Waals surface area contributed by atoms with Crippen molar-refractivity contribution in [2.75, 3.05) is 31.1 Å². The molecule has 1 fully saturated rings. The van der Waals surface area contributed by atoms with Crippen molar-refractivity contribution in [3.8, 4) is 0 Å². The summed E-state index contributed by atoms with van der Waals surface area (Å²) in [5, 5.41) is 0. The van der Waals surface area contributed by atoms with Gasteiger partial charge in [0.25, 0.3) is 0 Å². The Balaban J connectivity index is 2.13. The lowest BCUT2D eigenvalue weighted by molar-refractivity contribution is 0.128. The molecule has 0 saturated carbocycles. The molecule has 1 saturated heterocycles. The van der Waals surface area contributed by atoms with Gasteiger partial charge in [0.05, 0.1) is 0 Å². The van der Waals surface area contributed by atoms with Crippen molar-refractivity contribution in [1.82, 2.24) is 14.9 Å². The van der Waals surface area contributed by atoms with Gasteiger partial charge in [-0.2, -0.15) is 0 Å². The summed E-state index contributed by atoms with van der Waals surface area (Å²) in [4.78, 5) is 14.0. The molecule has 0 unspecified atom stereocenters. The molecule has 2 rings (SSSR count). The minimum atomic E-state index is 0.212. The number of anilines is 1. The quantitative estimate of drug-likeness (QED) is 0.831. The number of aryl methyl sites for hydroxylation is 1. The van der Waals surface area contributed by atoms with Crippen molar-refractivity contribution in [3.05, 3.63) is 17.5 Å². The summed E-state index contributed by atoms with van der Waals surface area (Å²) < 4.78 is 0. The lowest BCUT2D eigenvalue weighted by atomic mass is 10.1. The summed E-state index contributed by atoms with van der Waals surface area (Å²) in [6.07, 6.45) is 0. The van der Waals surface area contributed by atoms with Gasteiger partial charge in [0.1, 0.15) is 10.7 Å². The Kier molecular flexibility index (Phi) is 4.25. The number of aromatic nitrogens is 2. The molecule has 0 aliphatic carbocycles. The third kappa shape index (κ3) is 3.43. The van der Waals surface area contributed by atoms with E-state index in [0.717, 1.165) is 37.8 Å². The van der Waals surface area contributed by atoms with Gasteiger partial charge in [-0.25, -0.2) is 9.97 Å². The molecule has 20 heavy (non-hydrogen) atoms. The molecule has 1 aromatic rings. The number of hydrogen-bond acceptors (Lipinski definition) is 5. The average Bonchev–Trinajstić information content (AvgIpc) is 2.37. The smallest absolute Gasteiger partial charge is 0.226 e. The highest BCUT2D eigenvalue weighted by Gasteiger charge is 2.26. The monoisotopic (exact) mass is 293 g/mol. The maximum Gasteiger partial charge on any atom is 0.226 e. The average molecular weight is 293 g/mol. The number of rotatable bonds is 2. The molecule has 5 nitrogen and oxygen atoms in total. The molecule has 0 aromatic carbocycles. The van der Waals surface area contributed by atoms with Crippen LogP contribution in [0.3, 0.4) is 0 Å². The molecule has 110 valence electrons. The van der Waals surface area contributed by atoms with Crippen LogP contribution in [-0.4, -0.2) is 51.6 Å². The first-order chi connectivity index (χ1) is 9.27. The van der Waals surface area contributed by atoms with E-state index in [1.54, 1.807) is 0 Å². The van der Waals surface area contributed by atoms with Crippen LogP contribution in [0.1, 0.15) is 32.2 Å². The second-order valence-corrected chi connectivity index (χ2v) is 6.64. The van der Waals surface area contributed by atoms with Crippen LogP contribution in [0.2, 0.25) is 0 Å². The lowest BCUT2D eigenvalue weighted by Crippen LogP contribution is -2.53. The van der Waals surface area contributed by atoms with Gasteiger partial charge in [0.15, 0.2) is 0 Å². The molecule has 0 radical (unpaired) electrons. The molecule has 2 heterocycles. The molecule has 0 bridgehead atoms. The first-order valence-electron chi connectivity index (χ1n) is 6.93. The van der Waals surface area contributed by atoms with Gasteiger partial charge in [-0.1, -0.05) is 12.2 Å². The third-order valence-corrected chi connectivity index (χ3v) is 3.82. The Morgan fingerprint density at radius 1 is 1.20 bits per heavy atom. The van der Waals surface area contributed by atoms with E-state index < -0.39 is 0 Å². The van der Waals surface area contributed by atoms with E-state index in [-0.39, 0.29) is 5.54 Å². The topological polar surface area (TPSA) is 58.3 Å². The summed E-state index contributed by atoms with van der Waals surface area (Å²) >= 11 is 5.01. The van der Waals surface area contributed by atoms with Crippen molar-refractivity contribution in [1.29, 1.82) is 0 Å². The van der Waals surface area contributed by atoms with E-state index in [4.69, 9.17) is 18.0 Å². The minimum absolute atomic E-state index is 0.212. The minimum Gasteiger partial charge on any atom is -0.388 e. The fourth-order valence-electron chi connectivity index (χ4n) is 2.40. The zero-order valence-corrected chi connectivity index (χ0v) is 13.5. The van der Waals surface area contributed by atoms with E-state index in [9.17, 15) is 0 Å². The van der Waals surface area contributed by atoms with E-state index in [0.29, 0.717) is 10.7 Å². The second-order valence-electron chi connectivity index (χ2n) is 6.20. The molecule has 1 aromatic heterocycles. The van der Waals surface area contributed by atoms with Crippen molar-refractivity contribution in [3.63, 3.8) is 0 Å². The lowest BCUT2D eigenvalue weighted by Gasteiger charge is -2.42. The summed E-state index contributed by atoms with van der Waals surface area (Å²) in [5.41, 5.74) is 7.44. The van der Waals surface area contributed by atoms with E-state index in [1.807, 2.05) is 13.0 Å². The molecular weight excluding hydrogens is 270 g/mol. The van der Waals surface area contributed by atoms with Gasteiger partial charge in [0.2, 0.25) is 5.95 Å². The van der Waals surface area contributed by atoms with Crippen molar-refractivity contribution in [2.45, 2.75) is 33.2 Å². The van der Waals surface area contributed by atoms with Crippen LogP contribution in [-0.2, 0) is 0 Å². The normalized spacial score (nSPS) is 17.3. The maximum atomic E-state index is 5.67. The number of piperazine rings is 1. The first-order valence-corrected chi connectivity index (χ1v) is 7.33. The zero-order valence-electron chi connectivity index (χ0n) is 12.7. The standard InChI is InChI=1S/C14H23N5S/c1-10-9-11(12(15)20)17-13(16-10)18-5-7-19(8-6-18)14(2,3)4/h9H,5-8H2,1-4H3,(H2,15,20). The van der Waals surface area contributed by atoms with Gasteiger partial charge < -0.3 is 10.6 Å². The second kappa shape index (κ2) is 5.61. The van der Waals surface area contributed by atoms with Crippen molar-refractivity contribution >= 4 is 23.2 Å². The largest absolute Gasteiger partial charge is 0.388 e. The third-order valence-electron chi connectivity index (χ3n) is 3.61. The highest BCUT2D eigenvalue weighted by molar-refractivity contribution is 7.80. The predicted molar refractivity (Wildman–Crippen MR) is 86.2 cm³/mol. The SMILES string of the molecule is Cc1cc(C(N)=S)nc(N2CCN(C(C)(C)C)CC2)n1. The molecule has 0 amide bonds. The fraction of sp³-hybridized carbons (Fsp3) is 0.643. The first kappa shape index (κ1) is 15.1. The highest BCUT2D eigenvalue weighted by Crippen LogP contribution is 2.18. The maximum absolute atomic E-state index is 5.67. The Labute approximate surface area is 126 Å². The van der Waals surface area contributed by atoms with Crippen molar-refractivity contribution in [2.24, 2.45) is 5.73 Å². The van der Waals surface area contributed by atoms with Gasteiger partial charge in [-0.3, -0.25) is 4.90 Å². The van der Waals surface area contributed by atoms with Crippen molar-refractivity contribution < 1.29 is 0 Å². The molecule has 6 heteroatoms. The molecule has 1 aliphatic heterocycles. The van der Waals surface area contributed by atoms with E-state index in [2.05, 4.69) is 40.5 Å². The Hall–Kier alpha value is -1.27. The predicted octanol–water partition coefficient (Wildman–Crippen LogP) is 1.34. The summed E-state index contributed by atoms with van der Waals surface area (Å²) in [6.45, 7) is 12.6. The highest BCUT2D eigenvalue weighted by atomic mass is 32.1. The van der Waals surface area contributed by atoms with Gasteiger partial charge in [0, 0.05) is 37.4 Å². The molecule has 1 aliphatic rings. The summed E-state index contributed by atoms with van der Waals surface area (Å²) in [6, 6.07) is 1.83. The fourth-order valence-corrected chi connectivity index (χ4v) is 2.50. The summed E-state index contributed by atoms with van der Waals surface area (Å²) in [5.74, 6) is 0.737. The summed E-state index contributed by atoms with van der Waals surface area (Å²) in [7, 11) is 0. The van der Waals surface area contributed by atoms with Gasteiger partial charge >= 0.3 is 0 Å². The van der Waals surface area contributed by atoms with E-state index >= 15 is 0 Å². The Bertz CT molecular complexity index is 501. The van der Waals surface area contributed by atoms with Crippen LogP contribution in [0.15, 0.2) is 6.07 Å². The number of thiocarbonyl (C=S) groups is 1. The van der Waals surface area contributed by atoms with Crippen LogP contribution >= 0.6 is 12.2 Å². The molecule has 0 atom stereocenters. The van der Waals surface area contributed by atoms with Crippen LogP contribution in [0.4, 0.5) is 5.95 Å².